The molecule has 1 aromatic rings. The molecule has 0 spiro atoms. The van der Waals surface area contributed by atoms with Gasteiger partial charge in [0, 0.05) is 11.6 Å². The number of carboxylic acids is 1. The number of carbonyl (C=O) groups excluding carboxylic acids is 1. The maximum absolute atomic E-state index is 11.6. The summed E-state index contributed by atoms with van der Waals surface area (Å²) in [4.78, 5) is 23.2. The largest absolute Gasteiger partial charge is 0.507 e. The fourth-order valence-corrected chi connectivity index (χ4v) is 2.51. The predicted octanol–water partition coefficient (Wildman–Crippen LogP) is 1.69. The molecular formula is C14H16O6. The van der Waals surface area contributed by atoms with E-state index in [1.165, 1.54) is 26.4 Å². The summed E-state index contributed by atoms with van der Waals surface area (Å²) >= 11 is 0. The van der Waals surface area contributed by atoms with Crippen molar-refractivity contribution in [2.75, 3.05) is 14.2 Å². The van der Waals surface area contributed by atoms with Gasteiger partial charge in [-0.2, -0.15) is 0 Å². The van der Waals surface area contributed by atoms with E-state index in [-0.39, 0.29) is 17.1 Å². The lowest BCUT2D eigenvalue weighted by molar-refractivity contribution is -0.147. The zero-order valence-electron chi connectivity index (χ0n) is 11.3. The number of hydrogen-bond donors (Lipinski definition) is 2. The van der Waals surface area contributed by atoms with Gasteiger partial charge in [0.25, 0.3) is 0 Å². The quantitative estimate of drug-likeness (QED) is 0.815. The molecule has 0 amide bonds. The van der Waals surface area contributed by atoms with Crippen LogP contribution >= 0.6 is 0 Å². The van der Waals surface area contributed by atoms with Crippen LogP contribution in [0.2, 0.25) is 0 Å². The van der Waals surface area contributed by atoms with E-state index < -0.39 is 17.4 Å². The Morgan fingerprint density at radius 2 is 1.90 bits per heavy atom. The highest BCUT2D eigenvalue weighted by molar-refractivity contribution is 5.94. The van der Waals surface area contributed by atoms with E-state index >= 15 is 0 Å². The van der Waals surface area contributed by atoms with Gasteiger partial charge in [0.05, 0.1) is 19.6 Å². The fourth-order valence-electron chi connectivity index (χ4n) is 2.51. The van der Waals surface area contributed by atoms with Gasteiger partial charge in [-0.05, 0) is 18.9 Å². The molecular weight excluding hydrogens is 264 g/mol. The standard InChI is InChI=1S/C14H16O6/c1-19-11-7-10(15)8(12(16)20-2)6-9(11)14(13(17)18)4-3-5-14/h6-7,15H,3-5H2,1-2H3,(H,17,18). The summed E-state index contributed by atoms with van der Waals surface area (Å²) in [6.07, 6.45) is 1.75. The molecule has 1 aliphatic carbocycles. The monoisotopic (exact) mass is 280 g/mol. The number of carboxylic acid groups (broad SMARTS) is 1. The summed E-state index contributed by atoms with van der Waals surface area (Å²) < 4.78 is 9.73. The molecule has 1 fully saturated rings. The number of rotatable bonds is 4. The number of esters is 1. The van der Waals surface area contributed by atoms with Crippen LogP contribution in [0.25, 0.3) is 0 Å². The van der Waals surface area contributed by atoms with Crippen molar-refractivity contribution < 1.29 is 29.3 Å². The number of ether oxygens (including phenoxy) is 2. The average Bonchev–Trinajstić information content (AvgIpc) is 2.37. The van der Waals surface area contributed by atoms with Crippen molar-refractivity contribution in [3.63, 3.8) is 0 Å². The van der Waals surface area contributed by atoms with Crippen molar-refractivity contribution in [2.45, 2.75) is 24.7 Å². The Morgan fingerprint density at radius 3 is 2.30 bits per heavy atom. The molecule has 0 heterocycles. The van der Waals surface area contributed by atoms with Gasteiger partial charge >= 0.3 is 11.9 Å². The van der Waals surface area contributed by atoms with Crippen molar-refractivity contribution >= 4 is 11.9 Å². The van der Waals surface area contributed by atoms with Gasteiger partial charge in [-0.15, -0.1) is 0 Å². The minimum absolute atomic E-state index is 0.0594. The molecule has 108 valence electrons. The number of hydrogen-bond acceptors (Lipinski definition) is 5. The lowest BCUT2D eigenvalue weighted by atomic mass is 9.64. The molecule has 2 N–H and O–H groups in total. The average molecular weight is 280 g/mol. The zero-order valence-corrected chi connectivity index (χ0v) is 11.3. The van der Waals surface area contributed by atoms with Gasteiger partial charge in [0.2, 0.25) is 0 Å². The van der Waals surface area contributed by atoms with Crippen molar-refractivity contribution in [3.05, 3.63) is 23.3 Å². The van der Waals surface area contributed by atoms with Crippen LogP contribution in [0.3, 0.4) is 0 Å². The van der Waals surface area contributed by atoms with Crippen LogP contribution in [0.4, 0.5) is 0 Å². The summed E-state index contributed by atoms with van der Waals surface area (Å²) in [5.74, 6) is -1.70. The van der Waals surface area contributed by atoms with E-state index in [1.54, 1.807) is 0 Å². The highest BCUT2D eigenvalue weighted by Gasteiger charge is 2.48. The van der Waals surface area contributed by atoms with Crippen LogP contribution in [-0.4, -0.2) is 36.4 Å². The van der Waals surface area contributed by atoms with E-state index in [4.69, 9.17) is 4.74 Å². The Kier molecular flexibility index (Phi) is 3.57. The third-order valence-electron chi connectivity index (χ3n) is 3.86. The molecule has 6 nitrogen and oxygen atoms in total. The molecule has 1 aromatic carbocycles. The number of benzene rings is 1. The van der Waals surface area contributed by atoms with Crippen molar-refractivity contribution in [2.24, 2.45) is 0 Å². The fraction of sp³-hybridized carbons (Fsp3) is 0.429. The highest BCUT2D eigenvalue weighted by Crippen LogP contribution is 2.48. The van der Waals surface area contributed by atoms with Crippen molar-refractivity contribution in [1.82, 2.24) is 0 Å². The van der Waals surface area contributed by atoms with Crippen molar-refractivity contribution in [1.29, 1.82) is 0 Å². The number of aromatic hydroxyl groups is 1. The number of aliphatic carboxylic acids is 1. The number of phenols is 1. The highest BCUT2D eigenvalue weighted by atomic mass is 16.5. The molecule has 1 aliphatic rings. The van der Waals surface area contributed by atoms with Crippen molar-refractivity contribution in [3.8, 4) is 11.5 Å². The number of carbonyl (C=O) groups is 2. The Bertz CT molecular complexity index is 559. The molecule has 1 saturated carbocycles. The Balaban J connectivity index is 2.62. The lowest BCUT2D eigenvalue weighted by Crippen LogP contribution is -2.42. The van der Waals surface area contributed by atoms with Crippen LogP contribution in [-0.2, 0) is 14.9 Å². The topological polar surface area (TPSA) is 93.1 Å². The molecule has 2 rings (SSSR count). The van der Waals surface area contributed by atoms with Crippen LogP contribution in [0.5, 0.6) is 11.5 Å². The first-order chi connectivity index (χ1) is 9.46. The third-order valence-corrected chi connectivity index (χ3v) is 3.86. The molecule has 0 aliphatic heterocycles. The van der Waals surface area contributed by atoms with Gasteiger partial charge in [0.15, 0.2) is 0 Å². The van der Waals surface area contributed by atoms with E-state index in [2.05, 4.69) is 4.74 Å². The van der Waals surface area contributed by atoms with E-state index in [1.807, 2.05) is 0 Å². The van der Waals surface area contributed by atoms with Gasteiger partial charge in [-0.1, -0.05) is 6.42 Å². The third kappa shape index (κ3) is 1.97. The smallest absolute Gasteiger partial charge is 0.341 e. The normalized spacial score (nSPS) is 16.1. The molecule has 0 unspecified atom stereocenters. The molecule has 0 saturated heterocycles. The summed E-state index contributed by atoms with van der Waals surface area (Å²) in [5, 5.41) is 19.3. The Labute approximate surface area is 115 Å². The van der Waals surface area contributed by atoms with Gasteiger partial charge in [-0.25, -0.2) is 4.79 Å². The Hall–Kier alpha value is -2.24. The second kappa shape index (κ2) is 5.03. The zero-order chi connectivity index (χ0) is 14.9. The van der Waals surface area contributed by atoms with E-state index in [0.717, 1.165) is 6.42 Å². The first-order valence-corrected chi connectivity index (χ1v) is 6.19. The molecule has 6 heteroatoms. The first kappa shape index (κ1) is 14.2. The molecule has 0 aromatic heterocycles. The van der Waals surface area contributed by atoms with Gasteiger partial charge < -0.3 is 19.7 Å². The summed E-state index contributed by atoms with van der Waals surface area (Å²) in [5.41, 5.74) is -0.713. The van der Waals surface area contributed by atoms with Crippen LogP contribution in [0.15, 0.2) is 12.1 Å². The van der Waals surface area contributed by atoms with Crippen LogP contribution in [0, 0.1) is 0 Å². The second-order valence-electron chi connectivity index (χ2n) is 4.80. The number of phenolic OH excluding ortho intramolecular Hbond substituents is 1. The van der Waals surface area contributed by atoms with Crippen LogP contribution < -0.4 is 4.74 Å². The van der Waals surface area contributed by atoms with E-state index in [0.29, 0.717) is 18.4 Å². The predicted molar refractivity (Wildman–Crippen MR) is 69.2 cm³/mol. The van der Waals surface area contributed by atoms with Gasteiger partial charge in [0.1, 0.15) is 17.1 Å². The maximum atomic E-state index is 11.6. The maximum Gasteiger partial charge on any atom is 0.341 e. The SMILES string of the molecule is COC(=O)c1cc(C2(C(=O)O)CCC2)c(OC)cc1O. The lowest BCUT2D eigenvalue weighted by Gasteiger charge is -2.39. The first-order valence-electron chi connectivity index (χ1n) is 6.19. The molecule has 0 atom stereocenters. The minimum atomic E-state index is -1.05. The summed E-state index contributed by atoms with van der Waals surface area (Å²) in [6.45, 7) is 0. The molecule has 0 radical (unpaired) electrons. The Morgan fingerprint density at radius 1 is 1.25 bits per heavy atom. The minimum Gasteiger partial charge on any atom is -0.507 e. The van der Waals surface area contributed by atoms with E-state index in [9.17, 15) is 19.8 Å². The second-order valence-corrected chi connectivity index (χ2v) is 4.80. The summed E-state index contributed by atoms with van der Waals surface area (Å²) in [7, 11) is 2.59. The van der Waals surface area contributed by atoms with Gasteiger partial charge in [-0.3, -0.25) is 4.79 Å². The molecule has 20 heavy (non-hydrogen) atoms. The number of methoxy groups -OCH3 is 2. The molecule has 0 bridgehead atoms. The summed E-state index contributed by atoms with van der Waals surface area (Å²) in [6, 6.07) is 2.61. The van der Waals surface area contributed by atoms with Crippen LogP contribution in [0.1, 0.15) is 35.2 Å².